The van der Waals surface area contributed by atoms with Gasteiger partial charge in [0.1, 0.15) is 16.6 Å². The summed E-state index contributed by atoms with van der Waals surface area (Å²) in [7, 11) is 0. The third-order valence-electron chi connectivity index (χ3n) is 2.24. The van der Waals surface area contributed by atoms with E-state index in [1.54, 1.807) is 6.92 Å². The van der Waals surface area contributed by atoms with E-state index in [1.165, 1.54) is 11.3 Å². The minimum Gasteiger partial charge on any atom is -0.326 e. The number of nitrogens with two attached hydrogens (primary N) is 1. The van der Waals surface area contributed by atoms with Crippen molar-refractivity contribution in [2.24, 2.45) is 5.73 Å². The zero-order chi connectivity index (χ0) is 11.7. The number of aromatic nitrogens is 1. The quantitative estimate of drug-likeness (QED) is 0.876. The van der Waals surface area contributed by atoms with Crippen LogP contribution in [0.15, 0.2) is 18.2 Å². The lowest BCUT2D eigenvalue weighted by Crippen LogP contribution is -1.94. The summed E-state index contributed by atoms with van der Waals surface area (Å²) in [5.41, 5.74) is 6.47. The molecule has 0 saturated carbocycles. The highest BCUT2D eigenvalue weighted by atomic mass is 32.1. The number of rotatable bonds is 2. The van der Waals surface area contributed by atoms with E-state index in [2.05, 4.69) is 4.98 Å². The van der Waals surface area contributed by atoms with E-state index in [0.29, 0.717) is 11.6 Å². The summed E-state index contributed by atoms with van der Waals surface area (Å²) in [6, 6.07) is 3.33. The zero-order valence-corrected chi connectivity index (χ0v) is 9.44. The van der Waals surface area contributed by atoms with Gasteiger partial charge in [-0.3, -0.25) is 0 Å². The van der Waals surface area contributed by atoms with Gasteiger partial charge in [0.2, 0.25) is 0 Å². The van der Waals surface area contributed by atoms with E-state index >= 15 is 0 Å². The van der Waals surface area contributed by atoms with Crippen LogP contribution in [0.25, 0.3) is 10.6 Å². The summed E-state index contributed by atoms with van der Waals surface area (Å²) < 4.78 is 26.5. The summed E-state index contributed by atoms with van der Waals surface area (Å²) in [5, 5.41) is 0.468. The van der Waals surface area contributed by atoms with Gasteiger partial charge in [0.25, 0.3) is 0 Å². The molecular formula is C11H10F2N2S. The molecule has 5 heteroatoms. The second-order valence-electron chi connectivity index (χ2n) is 3.36. The molecule has 0 fully saturated rings. The normalized spacial score (nSPS) is 10.8. The number of aryl methyl sites for hydroxylation is 1. The Bertz CT molecular complexity index is 523. The summed E-state index contributed by atoms with van der Waals surface area (Å²) in [6.07, 6.45) is 0. The molecule has 0 atom stereocenters. The van der Waals surface area contributed by atoms with Crippen molar-refractivity contribution in [2.45, 2.75) is 13.5 Å². The van der Waals surface area contributed by atoms with Crippen LogP contribution in [-0.2, 0) is 6.54 Å². The van der Waals surface area contributed by atoms with Crippen LogP contribution < -0.4 is 5.73 Å². The van der Waals surface area contributed by atoms with Crippen molar-refractivity contribution < 1.29 is 8.78 Å². The average Bonchev–Trinajstić information content (AvgIpc) is 2.63. The third kappa shape index (κ3) is 1.96. The molecule has 0 spiro atoms. The highest BCUT2D eigenvalue weighted by Crippen LogP contribution is 2.29. The molecule has 0 unspecified atom stereocenters. The number of nitrogens with zero attached hydrogens (tertiary/aromatic N) is 1. The maximum Gasteiger partial charge on any atom is 0.133 e. The molecule has 1 aromatic heterocycles. The molecule has 1 heterocycles. The molecule has 0 bridgehead atoms. The molecule has 0 saturated heterocycles. The van der Waals surface area contributed by atoms with Crippen LogP contribution in [0.4, 0.5) is 8.78 Å². The van der Waals surface area contributed by atoms with E-state index < -0.39 is 11.6 Å². The van der Waals surface area contributed by atoms with Gasteiger partial charge in [-0.05, 0) is 25.1 Å². The van der Waals surface area contributed by atoms with Crippen LogP contribution in [0.5, 0.6) is 0 Å². The summed E-state index contributed by atoms with van der Waals surface area (Å²) in [6.45, 7) is 2.17. The molecule has 84 valence electrons. The Morgan fingerprint density at radius 2 is 2.12 bits per heavy atom. The first-order valence-corrected chi connectivity index (χ1v) is 5.55. The number of hydrogen-bond donors (Lipinski definition) is 1. The van der Waals surface area contributed by atoms with E-state index in [9.17, 15) is 8.78 Å². The first-order chi connectivity index (χ1) is 7.61. The Morgan fingerprint density at radius 3 is 2.75 bits per heavy atom. The van der Waals surface area contributed by atoms with Gasteiger partial charge >= 0.3 is 0 Å². The van der Waals surface area contributed by atoms with Gasteiger partial charge in [-0.25, -0.2) is 13.8 Å². The van der Waals surface area contributed by atoms with E-state index in [4.69, 9.17) is 5.73 Å². The Morgan fingerprint density at radius 1 is 1.38 bits per heavy atom. The Labute approximate surface area is 95.7 Å². The minimum absolute atomic E-state index is 0.188. The monoisotopic (exact) mass is 240 g/mol. The van der Waals surface area contributed by atoms with E-state index in [-0.39, 0.29) is 5.56 Å². The molecule has 2 N–H and O–H groups in total. The van der Waals surface area contributed by atoms with Gasteiger partial charge in [-0.15, -0.1) is 11.3 Å². The second kappa shape index (κ2) is 4.27. The lowest BCUT2D eigenvalue weighted by atomic mass is 10.2. The van der Waals surface area contributed by atoms with Gasteiger partial charge < -0.3 is 5.73 Å². The molecule has 0 aliphatic heterocycles. The summed E-state index contributed by atoms with van der Waals surface area (Å²) in [5.74, 6) is -0.947. The predicted octanol–water partition coefficient (Wildman–Crippen LogP) is 2.86. The maximum absolute atomic E-state index is 13.5. The molecule has 0 radical (unpaired) electrons. The van der Waals surface area contributed by atoms with Crippen LogP contribution in [-0.4, -0.2) is 4.98 Å². The van der Waals surface area contributed by atoms with Gasteiger partial charge in [0.05, 0.1) is 5.69 Å². The molecule has 2 rings (SSSR count). The van der Waals surface area contributed by atoms with Gasteiger partial charge in [-0.2, -0.15) is 0 Å². The van der Waals surface area contributed by atoms with Gasteiger partial charge in [0, 0.05) is 17.0 Å². The predicted molar refractivity (Wildman–Crippen MR) is 60.1 cm³/mol. The van der Waals surface area contributed by atoms with Crippen LogP contribution in [0.1, 0.15) is 10.6 Å². The van der Waals surface area contributed by atoms with Crippen molar-refractivity contribution in [3.63, 3.8) is 0 Å². The Kier molecular flexibility index (Phi) is 2.98. The lowest BCUT2D eigenvalue weighted by molar-refractivity contribution is 0.603. The fourth-order valence-electron chi connectivity index (χ4n) is 1.39. The van der Waals surface area contributed by atoms with Crippen LogP contribution in [0.2, 0.25) is 0 Å². The van der Waals surface area contributed by atoms with E-state index in [0.717, 1.165) is 28.8 Å². The Balaban J connectivity index is 2.53. The van der Waals surface area contributed by atoms with Crippen LogP contribution in [0.3, 0.4) is 0 Å². The molecule has 0 aliphatic carbocycles. The average molecular weight is 240 g/mol. The molecule has 0 amide bonds. The topological polar surface area (TPSA) is 38.9 Å². The summed E-state index contributed by atoms with van der Waals surface area (Å²) in [4.78, 5) is 5.07. The molecule has 0 aliphatic rings. The fourth-order valence-corrected chi connectivity index (χ4v) is 2.35. The minimum atomic E-state index is -0.474. The molecular weight excluding hydrogens is 230 g/mol. The highest BCUT2D eigenvalue weighted by molar-refractivity contribution is 7.15. The van der Waals surface area contributed by atoms with Gasteiger partial charge in [0.15, 0.2) is 0 Å². The maximum atomic E-state index is 13.5. The van der Waals surface area contributed by atoms with Crippen LogP contribution in [0, 0.1) is 18.6 Å². The standard InChI is InChI=1S/C11H10F2N2S/c1-6-10(5-14)16-11(15-6)8-4-7(12)2-3-9(8)13/h2-4H,5,14H2,1H3. The lowest BCUT2D eigenvalue weighted by Gasteiger charge is -1.98. The van der Waals surface area contributed by atoms with Crippen molar-refractivity contribution in [3.05, 3.63) is 40.4 Å². The second-order valence-corrected chi connectivity index (χ2v) is 4.44. The van der Waals surface area contributed by atoms with Gasteiger partial charge in [-0.1, -0.05) is 0 Å². The number of thiazole rings is 1. The highest BCUT2D eigenvalue weighted by Gasteiger charge is 2.12. The number of halogens is 2. The number of hydrogen-bond acceptors (Lipinski definition) is 3. The van der Waals surface area contributed by atoms with Crippen molar-refractivity contribution >= 4 is 11.3 Å². The number of benzene rings is 1. The zero-order valence-electron chi connectivity index (χ0n) is 8.63. The summed E-state index contributed by atoms with van der Waals surface area (Å²) >= 11 is 1.29. The van der Waals surface area contributed by atoms with Crippen molar-refractivity contribution in [2.75, 3.05) is 0 Å². The first kappa shape index (κ1) is 11.2. The molecule has 2 aromatic rings. The van der Waals surface area contributed by atoms with Crippen molar-refractivity contribution in [3.8, 4) is 10.6 Å². The third-order valence-corrected chi connectivity index (χ3v) is 3.45. The molecule has 1 aromatic carbocycles. The molecule has 16 heavy (non-hydrogen) atoms. The van der Waals surface area contributed by atoms with E-state index in [1.807, 2.05) is 0 Å². The smallest absolute Gasteiger partial charge is 0.133 e. The first-order valence-electron chi connectivity index (χ1n) is 4.73. The SMILES string of the molecule is Cc1nc(-c2cc(F)ccc2F)sc1CN. The largest absolute Gasteiger partial charge is 0.326 e. The van der Waals surface area contributed by atoms with Crippen molar-refractivity contribution in [1.29, 1.82) is 0 Å². The Hall–Kier alpha value is -1.33. The van der Waals surface area contributed by atoms with Crippen molar-refractivity contribution in [1.82, 2.24) is 4.98 Å². The fraction of sp³-hybridized carbons (Fsp3) is 0.182. The molecule has 2 nitrogen and oxygen atoms in total. The van der Waals surface area contributed by atoms with Crippen LogP contribution >= 0.6 is 11.3 Å².